The van der Waals surface area contributed by atoms with Crippen LogP contribution in [0.15, 0.2) is 12.1 Å². The second kappa shape index (κ2) is 7.89. The third-order valence-corrected chi connectivity index (χ3v) is 4.00. The fourth-order valence-corrected chi connectivity index (χ4v) is 2.17. The highest BCUT2D eigenvalue weighted by Gasteiger charge is 2.09. The van der Waals surface area contributed by atoms with Crippen molar-refractivity contribution < 1.29 is 9.00 Å². The lowest BCUT2D eigenvalue weighted by Crippen LogP contribution is -2.28. The minimum atomic E-state index is -0.851. The van der Waals surface area contributed by atoms with Crippen molar-refractivity contribution in [3.63, 3.8) is 0 Å². The average Bonchev–Trinajstić information content (AvgIpc) is 2.46. The molecule has 1 aromatic heterocycles. The molecular weight excluding hydrogens is 262 g/mol. The Hall–Kier alpha value is -1.43. The molecule has 0 saturated carbocycles. The van der Waals surface area contributed by atoms with Crippen LogP contribution in [0.25, 0.3) is 0 Å². The predicted octanol–water partition coefficient (Wildman–Crippen LogP) is 1.18. The molecule has 19 heavy (non-hydrogen) atoms. The molecule has 0 aliphatic rings. The van der Waals surface area contributed by atoms with Crippen LogP contribution in [0.3, 0.4) is 0 Å². The molecule has 0 spiro atoms. The van der Waals surface area contributed by atoms with E-state index in [2.05, 4.69) is 15.6 Å². The molecule has 0 fully saturated rings. The summed E-state index contributed by atoms with van der Waals surface area (Å²) < 4.78 is 11.3. The number of nitrogens with zero attached hydrogens (tertiary/aromatic N) is 1. The standard InChI is InChI=1S/C13H21N3O2S/c1-4-11-8-10(9-12(14-3)16-11)13(17)15-6-7-19(18)5-2/h8-9H,4-7H2,1-3H3,(H,14,16)(H,15,17). The van der Waals surface area contributed by atoms with Gasteiger partial charge in [0.2, 0.25) is 0 Å². The van der Waals surface area contributed by atoms with Gasteiger partial charge in [0.05, 0.1) is 0 Å². The van der Waals surface area contributed by atoms with Crippen LogP contribution in [0.5, 0.6) is 0 Å². The van der Waals surface area contributed by atoms with Crippen molar-refractivity contribution in [3.8, 4) is 0 Å². The van der Waals surface area contributed by atoms with E-state index in [1.807, 2.05) is 13.8 Å². The summed E-state index contributed by atoms with van der Waals surface area (Å²) in [5, 5.41) is 5.72. The molecule has 1 rings (SSSR count). The number of anilines is 1. The third-order valence-electron chi connectivity index (χ3n) is 2.70. The molecule has 0 bridgehead atoms. The lowest BCUT2D eigenvalue weighted by molar-refractivity contribution is 0.0956. The first-order valence-electron chi connectivity index (χ1n) is 6.42. The lowest BCUT2D eigenvalue weighted by atomic mass is 10.2. The number of aryl methyl sites for hydroxylation is 1. The molecule has 106 valence electrons. The van der Waals surface area contributed by atoms with Crippen LogP contribution in [-0.2, 0) is 17.2 Å². The zero-order chi connectivity index (χ0) is 14.3. The second-order valence-corrected chi connectivity index (χ2v) is 5.89. The maximum atomic E-state index is 12.0. The highest BCUT2D eigenvalue weighted by molar-refractivity contribution is 7.84. The average molecular weight is 283 g/mol. The van der Waals surface area contributed by atoms with Gasteiger partial charge in [0, 0.05) is 47.2 Å². The van der Waals surface area contributed by atoms with E-state index in [0.29, 0.717) is 29.4 Å². The van der Waals surface area contributed by atoms with Crippen molar-refractivity contribution in [3.05, 3.63) is 23.4 Å². The van der Waals surface area contributed by atoms with Crippen LogP contribution < -0.4 is 10.6 Å². The molecule has 2 N–H and O–H groups in total. The van der Waals surface area contributed by atoms with E-state index in [1.54, 1.807) is 19.2 Å². The van der Waals surface area contributed by atoms with Crippen LogP contribution in [0, 0.1) is 0 Å². The molecule has 1 atom stereocenters. The zero-order valence-electron chi connectivity index (χ0n) is 11.7. The Kier molecular flexibility index (Phi) is 6.49. The molecule has 1 heterocycles. The van der Waals surface area contributed by atoms with Gasteiger partial charge >= 0.3 is 0 Å². The predicted molar refractivity (Wildman–Crippen MR) is 79.0 cm³/mol. The van der Waals surface area contributed by atoms with Gasteiger partial charge < -0.3 is 10.6 Å². The van der Waals surface area contributed by atoms with Crippen molar-refractivity contribution in [1.82, 2.24) is 10.3 Å². The topological polar surface area (TPSA) is 71.1 Å². The molecule has 5 nitrogen and oxygen atoms in total. The van der Waals surface area contributed by atoms with Gasteiger partial charge in [-0.1, -0.05) is 13.8 Å². The molecule has 6 heteroatoms. The number of pyridine rings is 1. The molecule has 0 aliphatic heterocycles. The Morgan fingerprint density at radius 1 is 1.37 bits per heavy atom. The van der Waals surface area contributed by atoms with E-state index in [1.165, 1.54) is 0 Å². The molecule has 1 unspecified atom stereocenters. The molecule has 0 aliphatic carbocycles. The molecule has 0 aromatic carbocycles. The van der Waals surface area contributed by atoms with Crippen LogP contribution >= 0.6 is 0 Å². The Balaban J connectivity index is 2.68. The van der Waals surface area contributed by atoms with Gasteiger partial charge in [0.15, 0.2) is 0 Å². The van der Waals surface area contributed by atoms with Gasteiger partial charge in [-0.2, -0.15) is 0 Å². The number of hydrogen-bond donors (Lipinski definition) is 2. The van der Waals surface area contributed by atoms with Crippen LogP contribution in [0.2, 0.25) is 0 Å². The first-order valence-corrected chi connectivity index (χ1v) is 7.91. The summed E-state index contributed by atoms with van der Waals surface area (Å²) >= 11 is 0. The molecule has 0 radical (unpaired) electrons. The summed E-state index contributed by atoms with van der Waals surface area (Å²) in [5.41, 5.74) is 1.45. The summed E-state index contributed by atoms with van der Waals surface area (Å²) in [7, 11) is 0.920. The van der Waals surface area contributed by atoms with E-state index in [9.17, 15) is 9.00 Å². The number of amides is 1. The smallest absolute Gasteiger partial charge is 0.251 e. The van der Waals surface area contributed by atoms with Crippen molar-refractivity contribution in [2.75, 3.05) is 30.4 Å². The number of hydrogen-bond acceptors (Lipinski definition) is 4. The third kappa shape index (κ3) is 4.98. The van der Waals surface area contributed by atoms with Gasteiger partial charge in [-0.3, -0.25) is 9.00 Å². The molecule has 1 aromatic rings. The maximum absolute atomic E-state index is 12.0. The highest BCUT2D eigenvalue weighted by atomic mass is 32.2. The van der Waals surface area contributed by atoms with Crippen LogP contribution in [0.4, 0.5) is 5.82 Å². The van der Waals surface area contributed by atoms with Crippen LogP contribution in [0.1, 0.15) is 29.9 Å². The van der Waals surface area contributed by atoms with Crippen molar-refractivity contribution >= 4 is 22.5 Å². The van der Waals surface area contributed by atoms with Gasteiger partial charge in [-0.05, 0) is 18.6 Å². The van der Waals surface area contributed by atoms with E-state index >= 15 is 0 Å². The Morgan fingerprint density at radius 3 is 2.68 bits per heavy atom. The minimum Gasteiger partial charge on any atom is -0.373 e. The van der Waals surface area contributed by atoms with Crippen molar-refractivity contribution in [2.45, 2.75) is 20.3 Å². The first kappa shape index (κ1) is 15.6. The number of rotatable bonds is 7. The van der Waals surface area contributed by atoms with Gasteiger partial charge in [-0.25, -0.2) is 4.98 Å². The summed E-state index contributed by atoms with van der Waals surface area (Å²) in [6, 6.07) is 3.50. The molecular formula is C13H21N3O2S. The van der Waals surface area contributed by atoms with Crippen molar-refractivity contribution in [2.24, 2.45) is 0 Å². The Bertz CT molecular complexity index is 441. The van der Waals surface area contributed by atoms with E-state index in [-0.39, 0.29) is 5.91 Å². The highest BCUT2D eigenvalue weighted by Crippen LogP contribution is 2.10. The number of carbonyl (C=O) groups is 1. The second-order valence-electron chi connectivity index (χ2n) is 4.02. The SMILES string of the molecule is CCc1cc(C(=O)NCCS(=O)CC)cc(NC)n1. The van der Waals surface area contributed by atoms with Gasteiger partial charge in [0.1, 0.15) is 5.82 Å². The molecule has 1 amide bonds. The van der Waals surface area contributed by atoms with Gasteiger partial charge in [0.25, 0.3) is 5.91 Å². The Labute approximate surface area is 116 Å². The first-order chi connectivity index (χ1) is 9.10. The minimum absolute atomic E-state index is 0.151. The van der Waals surface area contributed by atoms with Crippen LogP contribution in [-0.4, -0.2) is 40.2 Å². The zero-order valence-corrected chi connectivity index (χ0v) is 12.5. The fraction of sp³-hybridized carbons (Fsp3) is 0.538. The number of nitrogens with one attached hydrogen (secondary N) is 2. The molecule has 0 saturated heterocycles. The summed E-state index contributed by atoms with van der Waals surface area (Å²) in [5.74, 6) is 1.64. The van der Waals surface area contributed by atoms with E-state index in [4.69, 9.17) is 0 Å². The number of aromatic nitrogens is 1. The quantitative estimate of drug-likeness (QED) is 0.788. The van der Waals surface area contributed by atoms with Crippen molar-refractivity contribution in [1.29, 1.82) is 0 Å². The summed E-state index contributed by atoms with van der Waals surface area (Å²) in [6.07, 6.45) is 0.773. The fourth-order valence-electron chi connectivity index (χ4n) is 1.55. The largest absolute Gasteiger partial charge is 0.373 e. The Morgan fingerprint density at radius 2 is 2.11 bits per heavy atom. The maximum Gasteiger partial charge on any atom is 0.251 e. The lowest BCUT2D eigenvalue weighted by Gasteiger charge is -2.08. The monoisotopic (exact) mass is 283 g/mol. The number of carbonyl (C=O) groups excluding carboxylic acids is 1. The van der Waals surface area contributed by atoms with E-state index < -0.39 is 10.8 Å². The summed E-state index contributed by atoms with van der Waals surface area (Å²) in [6.45, 7) is 4.29. The van der Waals surface area contributed by atoms with E-state index in [0.717, 1.165) is 12.1 Å². The van der Waals surface area contributed by atoms with Gasteiger partial charge in [-0.15, -0.1) is 0 Å². The normalized spacial score (nSPS) is 11.9. The summed E-state index contributed by atoms with van der Waals surface area (Å²) in [4.78, 5) is 16.3.